The van der Waals surface area contributed by atoms with Crippen molar-refractivity contribution in [2.75, 3.05) is 7.05 Å². The molecule has 0 aliphatic carbocycles. The van der Waals surface area contributed by atoms with Crippen LogP contribution in [-0.4, -0.2) is 13.1 Å². The minimum absolute atomic E-state index is 0.419. The van der Waals surface area contributed by atoms with Crippen molar-refractivity contribution in [2.24, 2.45) is 5.92 Å². The Labute approximate surface area is 57.5 Å². The summed E-state index contributed by atoms with van der Waals surface area (Å²) in [5.74, 6) is 0.615. The van der Waals surface area contributed by atoms with Crippen molar-refractivity contribution in [3.63, 3.8) is 0 Å². The fourth-order valence-corrected chi connectivity index (χ4v) is 0.736. The Balaban J connectivity index is 3.82. The van der Waals surface area contributed by atoms with E-state index in [0.29, 0.717) is 12.0 Å². The lowest BCUT2D eigenvalue weighted by Crippen LogP contribution is -2.27. The molecule has 1 atom stereocenters. The highest BCUT2D eigenvalue weighted by molar-refractivity contribution is 4.90. The predicted octanol–water partition coefficient (Wildman–Crippen LogP) is 1.57. The SMILES string of the molecule is C=C=CC(NC)C(C)C. The normalized spacial score (nSPS) is 12.9. The number of hydrogen-bond donors (Lipinski definition) is 1. The first-order chi connectivity index (χ1) is 4.22. The first-order valence-corrected chi connectivity index (χ1v) is 3.25. The molecule has 1 unspecified atom stereocenters. The topological polar surface area (TPSA) is 12.0 Å². The number of nitrogens with one attached hydrogen (secondary N) is 1. The first-order valence-electron chi connectivity index (χ1n) is 3.25. The van der Waals surface area contributed by atoms with Gasteiger partial charge < -0.3 is 5.32 Å². The van der Waals surface area contributed by atoms with Gasteiger partial charge in [-0.15, -0.1) is 5.73 Å². The van der Waals surface area contributed by atoms with Crippen LogP contribution in [0.3, 0.4) is 0 Å². The summed E-state index contributed by atoms with van der Waals surface area (Å²) in [6.07, 6.45) is 1.95. The van der Waals surface area contributed by atoms with Gasteiger partial charge in [-0.1, -0.05) is 20.4 Å². The lowest BCUT2D eigenvalue weighted by molar-refractivity contribution is 0.500. The van der Waals surface area contributed by atoms with Gasteiger partial charge in [-0.25, -0.2) is 0 Å². The lowest BCUT2D eigenvalue weighted by Gasteiger charge is -2.13. The third-order valence-electron chi connectivity index (χ3n) is 1.35. The van der Waals surface area contributed by atoms with Crippen molar-refractivity contribution in [3.05, 3.63) is 18.4 Å². The van der Waals surface area contributed by atoms with Crippen LogP contribution in [0.5, 0.6) is 0 Å². The lowest BCUT2D eigenvalue weighted by atomic mass is 10.1. The fourth-order valence-electron chi connectivity index (χ4n) is 0.736. The summed E-state index contributed by atoms with van der Waals surface area (Å²) in [4.78, 5) is 0. The van der Waals surface area contributed by atoms with Crippen LogP contribution in [0.4, 0.5) is 0 Å². The number of likely N-dealkylation sites (N-methyl/N-ethyl adjacent to an activating group) is 1. The monoisotopic (exact) mass is 125 g/mol. The van der Waals surface area contributed by atoms with Crippen molar-refractivity contribution in [3.8, 4) is 0 Å². The van der Waals surface area contributed by atoms with E-state index < -0.39 is 0 Å². The molecular weight excluding hydrogens is 110 g/mol. The molecule has 1 heteroatoms. The summed E-state index contributed by atoms with van der Waals surface area (Å²) in [5, 5.41) is 3.14. The van der Waals surface area contributed by atoms with Crippen LogP contribution in [-0.2, 0) is 0 Å². The third kappa shape index (κ3) is 3.12. The van der Waals surface area contributed by atoms with Crippen LogP contribution < -0.4 is 5.32 Å². The number of rotatable bonds is 3. The molecule has 0 amide bonds. The Kier molecular flexibility index (Phi) is 4.12. The molecule has 0 saturated carbocycles. The van der Waals surface area contributed by atoms with Crippen LogP contribution in [0.2, 0.25) is 0 Å². The summed E-state index contributed by atoms with van der Waals surface area (Å²) >= 11 is 0. The molecule has 9 heavy (non-hydrogen) atoms. The molecule has 0 saturated heterocycles. The summed E-state index contributed by atoms with van der Waals surface area (Å²) in [6, 6.07) is 0.419. The van der Waals surface area contributed by atoms with Gasteiger partial charge in [0.15, 0.2) is 0 Å². The van der Waals surface area contributed by atoms with Crippen LogP contribution in [0.15, 0.2) is 18.4 Å². The average Bonchev–Trinajstić information content (AvgIpc) is 1.82. The molecule has 0 aromatic rings. The van der Waals surface area contributed by atoms with Gasteiger partial charge >= 0.3 is 0 Å². The van der Waals surface area contributed by atoms with Crippen LogP contribution in [0.1, 0.15) is 13.8 Å². The van der Waals surface area contributed by atoms with E-state index in [0.717, 1.165) is 0 Å². The second kappa shape index (κ2) is 4.37. The molecule has 52 valence electrons. The third-order valence-corrected chi connectivity index (χ3v) is 1.35. The molecule has 0 aliphatic heterocycles. The quantitative estimate of drug-likeness (QED) is 0.564. The van der Waals surface area contributed by atoms with Gasteiger partial charge in [-0.05, 0) is 19.0 Å². The first kappa shape index (κ1) is 8.48. The molecule has 0 aliphatic rings. The van der Waals surface area contributed by atoms with Crippen molar-refractivity contribution < 1.29 is 0 Å². The van der Waals surface area contributed by atoms with E-state index >= 15 is 0 Å². The van der Waals surface area contributed by atoms with E-state index in [4.69, 9.17) is 0 Å². The van der Waals surface area contributed by atoms with Crippen LogP contribution in [0.25, 0.3) is 0 Å². The minimum Gasteiger partial charge on any atom is -0.313 e. The maximum absolute atomic E-state index is 3.51. The van der Waals surface area contributed by atoms with E-state index in [-0.39, 0.29) is 0 Å². The van der Waals surface area contributed by atoms with E-state index in [1.807, 2.05) is 13.1 Å². The predicted molar refractivity (Wildman–Crippen MR) is 41.4 cm³/mol. The molecule has 1 N–H and O–H groups in total. The zero-order valence-corrected chi connectivity index (χ0v) is 6.44. The molecule has 0 fully saturated rings. The summed E-state index contributed by atoms with van der Waals surface area (Å²) < 4.78 is 0. The maximum atomic E-state index is 3.51. The summed E-state index contributed by atoms with van der Waals surface area (Å²) in [7, 11) is 1.94. The van der Waals surface area contributed by atoms with Crippen LogP contribution >= 0.6 is 0 Å². The van der Waals surface area contributed by atoms with E-state index in [1.54, 1.807) is 0 Å². The molecule has 0 rings (SSSR count). The minimum atomic E-state index is 0.419. The molecule has 0 aromatic carbocycles. The highest BCUT2D eigenvalue weighted by Crippen LogP contribution is 2.00. The smallest absolute Gasteiger partial charge is 0.0345 e. The highest BCUT2D eigenvalue weighted by Gasteiger charge is 2.04. The second-order valence-electron chi connectivity index (χ2n) is 2.43. The van der Waals surface area contributed by atoms with Crippen molar-refractivity contribution >= 4 is 0 Å². The van der Waals surface area contributed by atoms with Crippen molar-refractivity contribution in [1.29, 1.82) is 0 Å². The van der Waals surface area contributed by atoms with Crippen molar-refractivity contribution in [1.82, 2.24) is 5.32 Å². The average molecular weight is 125 g/mol. The second-order valence-corrected chi connectivity index (χ2v) is 2.43. The molecule has 0 aromatic heterocycles. The van der Waals surface area contributed by atoms with Gasteiger partial charge in [0, 0.05) is 6.04 Å². The van der Waals surface area contributed by atoms with Gasteiger partial charge in [0.2, 0.25) is 0 Å². The molecule has 0 heterocycles. The molecule has 0 spiro atoms. The zero-order chi connectivity index (χ0) is 7.28. The molecule has 0 bridgehead atoms. The summed E-state index contributed by atoms with van der Waals surface area (Å²) in [6.45, 7) is 7.83. The van der Waals surface area contributed by atoms with Gasteiger partial charge in [0.05, 0.1) is 0 Å². The van der Waals surface area contributed by atoms with Crippen LogP contribution in [0, 0.1) is 5.92 Å². The maximum Gasteiger partial charge on any atom is 0.0345 e. The Bertz CT molecular complexity index is 110. The Morgan fingerprint density at radius 1 is 1.56 bits per heavy atom. The van der Waals surface area contributed by atoms with Gasteiger partial charge in [0.1, 0.15) is 0 Å². The van der Waals surface area contributed by atoms with E-state index in [1.165, 1.54) is 0 Å². The van der Waals surface area contributed by atoms with E-state index in [9.17, 15) is 0 Å². The molecular formula is C8H15N. The number of hydrogen-bond acceptors (Lipinski definition) is 1. The van der Waals surface area contributed by atoms with Gasteiger partial charge in [-0.2, -0.15) is 0 Å². The Hall–Kier alpha value is -0.520. The van der Waals surface area contributed by atoms with Gasteiger partial charge in [0.25, 0.3) is 0 Å². The molecule has 0 radical (unpaired) electrons. The largest absolute Gasteiger partial charge is 0.313 e. The van der Waals surface area contributed by atoms with E-state index in [2.05, 4.69) is 31.5 Å². The van der Waals surface area contributed by atoms with Crippen molar-refractivity contribution in [2.45, 2.75) is 19.9 Å². The standard InChI is InChI=1S/C8H15N/c1-5-6-8(9-4)7(2)3/h6-9H,1H2,2-4H3. The Morgan fingerprint density at radius 3 is 2.22 bits per heavy atom. The highest BCUT2D eigenvalue weighted by atomic mass is 14.9. The fraction of sp³-hybridized carbons (Fsp3) is 0.625. The zero-order valence-electron chi connectivity index (χ0n) is 6.44. The molecule has 1 nitrogen and oxygen atoms in total. The van der Waals surface area contributed by atoms with Gasteiger partial charge in [-0.3, -0.25) is 0 Å². The summed E-state index contributed by atoms with van der Waals surface area (Å²) in [5.41, 5.74) is 2.76. The Morgan fingerprint density at radius 2 is 2.11 bits per heavy atom.